The van der Waals surface area contributed by atoms with Gasteiger partial charge in [-0.2, -0.15) is 5.10 Å². The minimum Gasteiger partial charge on any atom is -0.395 e. The van der Waals surface area contributed by atoms with Crippen molar-refractivity contribution in [2.24, 2.45) is 0 Å². The number of rotatable bonds is 3. The lowest BCUT2D eigenvalue weighted by molar-refractivity contribution is 0.102. The number of aryl methyl sites for hydroxylation is 1. The Balaban J connectivity index is 1.82. The summed E-state index contributed by atoms with van der Waals surface area (Å²) in [7, 11) is 0. The molecule has 1 aliphatic rings. The van der Waals surface area contributed by atoms with E-state index in [1.54, 1.807) is 0 Å². The summed E-state index contributed by atoms with van der Waals surface area (Å²) in [6.07, 6.45) is 2.22. The fourth-order valence-electron chi connectivity index (χ4n) is 2.12. The van der Waals surface area contributed by atoms with E-state index in [9.17, 15) is 4.79 Å². The molecule has 1 saturated carbocycles. The Bertz CT molecular complexity index is 676. The highest BCUT2D eigenvalue weighted by molar-refractivity contribution is 9.10. The quantitative estimate of drug-likeness (QED) is 0.805. The number of aromatic amines is 1. The molecule has 3 rings (SSSR count). The lowest BCUT2D eigenvalue weighted by Gasteiger charge is -2.07. The number of carbonyl (C=O) groups is 1. The van der Waals surface area contributed by atoms with Crippen LogP contribution < -0.4 is 11.1 Å². The number of nitrogens with zero attached hydrogens (tertiary/aromatic N) is 1. The fourth-order valence-corrected chi connectivity index (χ4v) is 2.72. The van der Waals surface area contributed by atoms with E-state index in [0.29, 0.717) is 17.3 Å². The van der Waals surface area contributed by atoms with E-state index in [2.05, 4.69) is 31.4 Å². The summed E-state index contributed by atoms with van der Waals surface area (Å²) in [5.41, 5.74) is 9.43. The molecule has 1 amide bonds. The van der Waals surface area contributed by atoms with E-state index in [4.69, 9.17) is 5.73 Å². The molecular weight excluding hydrogens is 320 g/mol. The molecule has 6 heteroatoms. The first kappa shape index (κ1) is 13.2. The zero-order valence-electron chi connectivity index (χ0n) is 11.0. The minimum absolute atomic E-state index is 0.263. The lowest BCUT2D eigenvalue weighted by Crippen LogP contribution is -2.14. The van der Waals surface area contributed by atoms with Crippen LogP contribution in [0.4, 0.5) is 11.4 Å². The van der Waals surface area contributed by atoms with Crippen molar-refractivity contribution in [2.75, 3.05) is 11.1 Å². The Labute approximate surface area is 125 Å². The van der Waals surface area contributed by atoms with E-state index < -0.39 is 0 Å². The molecule has 4 N–H and O–H groups in total. The van der Waals surface area contributed by atoms with E-state index in [-0.39, 0.29) is 11.6 Å². The molecule has 0 atom stereocenters. The van der Waals surface area contributed by atoms with Gasteiger partial charge in [-0.25, -0.2) is 0 Å². The van der Waals surface area contributed by atoms with Crippen molar-refractivity contribution in [3.05, 3.63) is 39.6 Å². The van der Waals surface area contributed by atoms with Crippen LogP contribution >= 0.6 is 15.9 Å². The summed E-state index contributed by atoms with van der Waals surface area (Å²) in [4.78, 5) is 12.2. The second-order valence-corrected chi connectivity index (χ2v) is 5.97. The van der Waals surface area contributed by atoms with Gasteiger partial charge in [-0.05, 0) is 53.4 Å². The van der Waals surface area contributed by atoms with Crippen molar-refractivity contribution in [1.82, 2.24) is 10.2 Å². The predicted molar refractivity (Wildman–Crippen MR) is 81.8 cm³/mol. The number of benzene rings is 1. The van der Waals surface area contributed by atoms with Gasteiger partial charge in [-0.1, -0.05) is 6.07 Å². The average Bonchev–Trinajstić information content (AvgIpc) is 3.16. The zero-order chi connectivity index (χ0) is 14.3. The van der Waals surface area contributed by atoms with Gasteiger partial charge in [0.1, 0.15) is 0 Å². The topological polar surface area (TPSA) is 83.8 Å². The highest BCUT2D eigenvalue weighted by Gasteiger charge is 2.30. The van der Waals surface area contributed by atoms with E-state index in [1.807, 2.05) is 25.1 Å². The van der Waals surface area contributed by atoms with Gasteiger partial charge in [0.05, 0.1) is 17.1 Å². The van der Waals surface area contributed by atoms with E-state index in [0.717, 1.165) is 28.6 Å². The van der Waals surface area contributed by atoms with E-state index in [1.165, 1.54) is 0 Å². The Morgan fingerprint density at radius 3 is 2.90 bits per heavy atom. The number of amides is 1. The minimum atomic E-state index is -0.296. The lowest BCUT2D eigenvalue weighted by atomic mass is 10.2. The van der Waals surface area contributed by atoms with Crippen LogP contribution in [-0.2, 0) is 0 Å². The molecule has 1 aromatic heterocycles. The number of nitrogens with two attached hydrogens (primary N) is 1. The van der Waals surface area contributed by atoms with Crippen LogP contribution in [0.2, 0.25) is 0 Å². The monoisotopic (exact) mass is 334 g/mol. The Hall–Kier alpha value is -1.82. The van der Waals surface area contributed by atoms with Crippen LogP contribution in [0.1, 0.15) is 40.5 Å². The molecule has 2 aromatic rings. The van der Waals surface area contributed by atoms with Gasteiger partial charge in [-0.15, -0.1) is 0 Å². The third kappa shape index (κ3) is 2.43. The number of nitrogens with one attached hydrogen (secondary N) is 2. The van der Waals surface area contributed by atoms with Gasteiger partial charge in [0.25, 0.3) is 5.91 Å². The maximum Gasteiger partial charge on any atom is 0.278 e. The SMILES string of the molecule is Cc1ccc(NC(=O)c2n[nH]c(C3CC3)c2N)c(Br)c1. The summed E-state index contributed by atoms with van der Waals surface area (Å²) >= 11 is 3.43. The third-order valence-corrected chi connectivity index (χ3v) is 4.06. The first-order valence-corrected chi connectivity index (χ1v) is 7.27. The molecule has 0 spiro atoms. The fraction of sp³-hybridized carbons (Fsp3) is 0.286. The summed E-state index contributed by atoms with van der Waals surface area (Å²) in [6.45, 7) is 1.99. The Kier molecular flexibility index (Phi) is 3.25. The maximum absolute atomic E-state index is 12.2. The molecule has 0 aliphatic heterocycles. The van der Waals surface area contributed by atoms with Gasteiger partial charge >= 0.3 is 0 Å². The number of carbonyl (C=O) groups excluding carboxylic acids is 1. The third-order valence-electron chi connectivity index (χ3n) is 3.41. The summed E-state index contributed by atoms with van der Waals surface area (Å²) < 4.78 is 0.836. The van der Waals surface area contributed by atoms with Crippen molar-refractivity contribution in [2.45, 2.75) is 25.7 Å². The van der Waals surface area contributed by atoms with Crippen molar-refractivity contribution in [3.63, 3.8) is 0 Å². The molecule has 0 saturated heterocycles. The number of anilines is 2. The first-order chi connectivity index (χ1) is 9.56. The summed E-state index contributed by atoms with van der Waals surface area (Å²) in [5, 5.41) is 9.74. The maximum atomic E-state index is 12.2. The van der Waals surface area contributed by atoms with Crippen LogP contribution in [0.3, 0.4) is 0 Å². The summed E-state index contributed by atoms with van der Waals surface area (Å²) in [5.74, 6) is 0.144. The highest BCUT2D eigenvalue weighted by Crippen LogP contribution is 2.42. The molecule has 20 heavy (non-hydrogen) atoms. The molecule has 0 radical (unpaired) electrons. The van der Waals surface area contributed by atoms with Gasteiger partial charge in [0, 0.05) is 10.4 Å². The Morgan fingerprint density at radius 1 is 1.50 bits per heavy atom. The standard InChI is InChI=1S/C14H15BrN4O/c1-7-2-5-10(9(15)6-7)17-14(20)13-11(16)12(18-19-13)8-3-4-8/h2,5-6,8H,3-4,16H2,1H3,(H,17,20)(H,18,19). The van der Waals surface area contributed by atoms with Gasteiger partial charge in [0.2, 0.25) is 0 Å². The van der Waals surface area contributed by atoms with Crippen LogP contribution in [-0.4, -0.2) is 16.1 Å². The molecule has 104 valence electrons. The number of aromatic nitrogens is 2. The molecule has 1 heterocycles. The first-order valence-electron chi connectivity index (χ1n) is 6.47. The smallest absolute Gasteiger partial charge is 0.278 e. The molecule has 5 nitrogen and oxygen atoms in total. The highest BCUT2D eigenvalue weighted by atomic mass is 79.9. The molecule has 1 aromatic carbocycles. The molecule has 0 bridgehead atoms. The molecule has 0 unspecified atom stereocenters. The largest absolute Gasteiger partial charge is 0.395 e. The number of hydrogen-bond donors (Lipinski definition) is 3. The number of H-pyrrole nitrogens is 1. The zero-order valence-corrected chi connectivity index (χ0v) is 12.6. The van der Waals surface area contributed by atoms with Crippen molar-refractivity contribution in [1.29, 1.82) is 0 Å². The normalized spacial score (nSPS) is 14.3. The Morgan fingerprint density at radius 2 is 2.25 bits per heavy atom. The predicted octanol–water partition coefficient (Wildman–Crippen LogP) is 3.19. The molecular formula is C14H15BrN4O. The number of hydrogen-bond acceptors (Lipinski definition) is 3. The molecule has 1 fully saturated rings. The van der Waals surface area contributed by atoms with Crippen LogP contribution in [0.15, 0.2) is 22.7 Å². The second-order valence-electron chi connectivity index (χ2n) is 5.11. The van der Waals surface area contributed by atoms with Gasteiger partial charge in [0.15, 0.2) is 5.69 Å². The van der Waals surface area contributed by atoms with Crippen molar-refractivity contribution >= 4 is 33.2 Å². The van der Waals surface area contributed by atoms with Crippen LogP contribution in [0.5, 0.6) is 0 Å². The van der Waals surface area contributed by atoms with Gasteiger partial charge in [-0.3, -0.25) is 9.89 Å². The summed E-state index contributed by atoms with van der Waals surface area (Å²) in [6, 6.07) is 5.73. The molecule has 1 aliphatic carbocycles. The van der Waals surface area contributed by atoms with Crippen LogP contribution in [0, 0.1) is 6.92 Å². The van der Waals surface area contributed by atoms with Crippen LogP contribution in [0.25, 0.3) is 0 Å². The van der Waals surface area contributed by atoms with Gasteiger partial charge < -0.3 is 11.1 Å². The van der Waals surface area contributed by atoms with Crippen molar-refractivity contribution in [3.8, 4) is 0 Å². The second kappa shape index (κ2) is 4.94. The number of halogens is 1. The number of nitrogen functional groups attached to an aromatic ring is 1. The van der Waals surface area contributed by atoms with E-state index >= 15 is 0 Å². The van der Waals surface area contributed by atoms with Crippen molar-refractivity contribution < 1.29 is 4.79 Å². The average molecular weight is 335 g/mol.